The van der Waals surface area contributed by atoms with Crippen molar-refractivity contribution in [2.75, 3.05) is 23.4 Å². The Morgan fingerprint density at radius 3 is 2.41 bits per heavy atom. The number of hydrogen-bond acceptors (Lipinski definition) is 8. The van der Waals surface area contributed by atoms with Crippen LogP contribution in [0.5, 0.6) is 11.5 Å². The summed E-state index contributed by atoms with van der Waals surface area (Å²) < 4.78 is 11.7. The largest absolute Gasteiger partial charge is 0.490 e. The van der Waals surface area contributed by atoms with Crippen LogP contribution in [-0.2, 0) is 14.4 Å². The smallest absolute Gasteiger partial charge is 0.335 e. The summed E-state index contributed by atoms with van der Waals surface area (Å²) >= 11 is 9.24. The monoisotopic (exact) mass is 642 g/mol. The van der Waals surface area contributed by atoms with Crippen molar-refractivity contribution in [3.8, 4) is 11.5 Å². The molecule has 1 fully saturated rings. The third-order valence-corrected chi connectivity index (χ3v) is 6.38. The van der Waals surface area contributed by atoms with Crippen molar-refractivity contribution >= 4 is 74.4 Å². The topological polar surface area (TPSA) is 157 Å². The molecule has 3 aromatic carbocycles. The SMILES string of the molecule is CCOc1cc(/C=C2\C(=O)NC(=O)N(c3ccc([N+](=O)[O-])cc3)C2=O)cc(Br)c1OCC(=O)Nc1ccc(Cl)cc1. The average molecular weight is 644 g/mol. The first-order chi connectivity index (χ1) is 19.6. The third-order valence-electron chi connectivity index (χ3n) is 5.54. The lowest BCUT2D eigenvalue weighted by atomic mass is 10.1. The van der Waals surface area contributed by atoms with Crippen LogP contribution < -0.4 is 25.0 Å². The molecule has 0 atom stereocenters. The number of amides is 5. The number of nitro groups is 1. The molecule has 1 saturated heterocycles. The highest BCUT2D eigenvalue weighted by molar-refractivity contribution is 9.10. The van der Waals surface area contributed by atoms with Crippen LogP contribution in [0, 0.1) is 10.1 Å². The molecule has 12 nitrogen and oxygen atoms in total. The lowest BCUT2D eigenvalue weighted by molar-refractivity contribution is -0.384. The molecule has 41 heavy (non-hydrogen) atoms. The van der Waals surface area contributed by atoms with E-state index in [9.17, 15) is 29.3 Å². The summed E-state index contributed by atoms with van der Waals surface area (Å²) in [7, 11) is 0. The fourth-order valence-corrected chi connectivity index (χ4v) is 4.42. The number of nitrogens with zero attached hydrogens (tertiary/aromatic N) is 2. The molecular weight excluding hydrogens is 624 g/mol. The Balaban J connectivity index is 1.57. The van der Waals surface area contributed by atoms with Crippen molar-refractivity contribution in [3.05, 3.63) is 91.4 Å². The number of carbonyl (C=O) groups is 4. The quantitative estimate of drug-likeness (QED) is 0.141. The van der Waals surface area contributed by atoms with Gasteiger partial charge in [0, 0.05) is 22.8 Å². The summed E-state index contributed by atoms with van der Waals surface area (Å²) in [6.07, 6.45) is 1.26. The molecule has 0 bridgehead atoms. The van der Waals surface area contributed by atoms with E-state index in [-0.39, 0.29) is 41.7 Å². The maximum atomic E-state index is 13.2. The van der Waals surface area contributed by atoms with E-state index in [4.69, 9.17) is 21.1 Å². The number of benzene rings is 3. The van der Waals surface area contributed by atoms with Gasteiger partial charge in [-0.25, -0.2) is 9.69 Å². The second-order valence-electron chi connectivity index (χ2n) is 8.34. The van der Waals surface area contributed by atoms with E-state index < -0.39 is 28.7 Å². The van der Waals surface area contributed by atoms with E-state index in [2.05, 4.69) is 26.6 Å². The Morgan fingerprint density at radius 2 is 1.78 bits per heavy atom. The Morgan fingerprint density at radius 1 is 1.10 bits per heavy atom. The highest BCUT2D eigenvalue weighted by Crippen LogP contribution is 2.38. The number of halogens is 2. The van der Waals surface area contributed by atoms with E-state index in [1.807, 2.05) is 0 Å². The minimum absolute atomic E-state index is 0.0355. The zero-order chi connectivity index (χ0) is 29.7. The molecule has 14 heteroatoms. The van der Waals surface area contributed by atoms with Crippen LogP contribution in [0.4, 0.5) is 21.9 Å². The van der Waals surface area contributed by atoms with Crippen LogP contribution in [0.25, 0.3) is 6.08 Å². The Hall–Kier alpha value is -4.75. The van der Waals surface area contributed by atoms with Crippen molar-refractivity contribution in [3.63, 3.8) is 0 Å². The van der Waals surface area contributed by atoms with Gasteiger partial charge in [0.25, 0.3) is 23.4 Å². The zero-order valence-electron chi connectivity index (χ0n) is 21.2. The normalized spacial score (nSPS) is 14.1. The maximum absolute atomic E-state index is 13.2. The standard InChI is InChI=1S/C27H20BrClN4O8/c1-2-40-22-13-15(12-21(28)24(22)41-14-23(34)30-17-5-3-16(29)4-6-17)11-20-25(35)31-27(37)32(26(20)36)18-7-9-19(10-8-18)33(38)39/h3-13H,2,14H2,1H3,(H,30,34)(H,31,35,37)/b20-11+. The number of ether oxygens (including phenoxy) is 2. The first kappa shape index (κ1) is 29.2. The van der Waals surface area contributed by atoms with Crippen LogP contribution >= 0.6 is 27.5 Å². The second-order valence-corrected chi connectivity index (χ2v) is 9.63. The van der Waals surface area contributed by atoms with Gasteiger partial charge in [-0.3, -0.25) is 29.8 Å². The predicted molar refractivity (Wildman–Crippen MR) is 153 cm³/mol. The van der Waals surface area contributed by atoms with Crippen LogP contribution in [0.1, 0.15) is 12.5 Å². The molecular formula is C27H20BrClN4O8. The molecule has 0 spiro atoms. The second kappa shape index (κ2) is 12.6. The van der Waals surface area contributed by atoms with Gasteiger partial charge >= 0.3 is 6.03 Å². The van der Waals surface area contributed by atoms with Gasteiger partial charge in [0.2, 0.25) is 0 Å². The van der Waals surface area contributed by atoms with Crippen molar-refractivity contribution < 1.29 is 33.6 Å². The van der Waals surface area contributed by atoms with Gasteiger partial charge in [-0.1, -0.05) is 11.6 Å². The number of urea groups is 1. The molecule has 0 unspecified atom stereocenters. The van der Waals surface area contributed by atoms with E-state index >= 15 is 0 Å². The van der Waals surface area contributed by atoms with Crippen molar-refractivity contribution in [2.45, 2.75) is 6.92 Å². The van der Waals surface area contributed by atoms with Gasteiger partial charge < -0.3 is 14.8 Å². The van der Waals surface area contributed by atoms with Crippen molar-refractivity contribution in [1.29, 1.82) is 0 Å². The number of barbiturate groups is 1. The van der Waals surface area contributed by atoms with Crippen molar-refractivity contribution in [2.24, 2.45) is 0 Å². The Bertz CT molecular complexity index is 1580. The highest BCUT2D eigenvalue weighted by Gasteiger charge is 2.37. The summed E-state index contributed by atoms with van der Waals surface area (Å²) in [6, 6.07) is 13.3. The van der Waals surface area contributed by atoms with Crippen LogP contribution in [0.3, 0.4) is 0 Å². The van der Waals surface area contributed by atoms with Gasteiger partial charge in [0.05, 0.1) is 21.7 Å². The number of anilines is 2. The van der Waals surface area contributed by atoms with Crippen molar-refractivity contribution in [1.82, 2.24) is 5.32 Å². The lowest BCUT2D eigenvalue weighted by Crippen LogP contribution is -2.54. The number of non-ortho nitro benzene ring substituents is 1. The summed E-state index contributed by atoms with van der Waals surface area (Å²) in [5.74, 6) is -1.86. The molecule has 0 radical (unpaired) electrons. The van der Waals surface area contributed by atoms with E-state index in [0.29, 0.717) is 25.6 Å². The molecule has 1 heterocycles. The first-order valence-corrected chi connectivity index (χ1v) is 13.0. The summed E-state index contributed by atoms with van der Waals surface area (Å²) in [6.45, 7) is 1.62. The molecule has 1 aliphatic heterocycles. The molecule has 0 aromatic heterocycles. The third kappa shape index (κ3) is 6.88. The lowest BCUT2D eigenvalue weighted by Gasteiger charge is -2.26. The number of nitro benzene ring substituents is 1. The highest BCUT2D eigenvalue weighted by atomic mass is 79.9. The average Bonchev–Trinajstić information content (AvgIpc) is 2.92. The number of hydrogen-bond donors (Lipinski definition) is 2. The van der Waals surface area contributed by atoms with Crippen LogP contribution in [0.2, 0.25) is 5.02 Å². The summed E-state index contributed by atoms with van der Waals surface area (Å²) in [5, 5.41) is 16.2. The number of nitrogens with one attached hydrogen (secondary N) is 2. The van der Waals surface area contributed by atoms with Crippen LogP contribution in [0.15, 0.2) is 70.7 Å². The minimum Gasteiger partial charge on any atom is -0.490 e. The molecule has 1 aliphatic rings. The maximum Gasteiger partial charge on any atom is 0.335 e. The fraction of sp³-hybridized carbons (Fsp3) is 0.111. The zero-order valence-corrected chi connectivity index (χ0v) is 23.5. The summed E-state index contributed by atoms with van der Waals surface area (Å²) in [5.41, 5.74) is 0.311. The number of imide groups is 2. The van der Waals surface area contributed by atoms with E-state index in [0.717, 1.165) is 12.1 Å². The molecule has 5 amide bonds. The summed E-state index contributed by atoms with van der Waals surface area (Å²) in [4.78, 5) is 61.7. The van der Waals surface area contributed by atoms with Gasteiger partial charge in [0.1, 0.15) is 5.57 Å². The Labute approximate surface area is 246 Å². The molecule has 210 valence electrons. The fourth-order valence-electron chi connectivity index (χ4n) is 3.72. The first-order valence-electron chi connectivity index (χ1n) is 11.9. The minimum atomic E-state index is -0.997. The molecule has 2 N–H and O–H groups in total. The number of rotatable bonds is 9. The van der Waals surface area contributed by atoms with E-state index in [1.54, 1.807) is 31.2 Å². The molecule has 0 saturated carbocycles. The number of carbonyl (C=O) groups excluding carboxylic acids is 4. The molecule has 0 aliphatic carbocycles. The van der Waals surface area contributed by atoms with Gasteiger partial charge in [-0.05, 0) is 83.0 Å². The van der Waals surface area contributed by atoms with E-state index in [1.165, 1.54) is 30.3 Å². The van der Waals surface area contributed by atoms with Crippen LogP contribution in [-0.4, -0.2) is 41.9 Å². The van der Waals surface area contributed by atoms with Gasteiger partial charge in [0.15, 0.2) is 18.1 Å². The molecule has 3 aromatic rings. The molecule has 4 rings (SSSR count). The van der Waals surface area contributed by atoms with Gasteiger partial charge in [-0.15, -0.1) is 0 Å². The Kier molecular flexibility index (Phi) is 9.00. The predicted octanol–water partition coefficient (Wildman–Crippen LogP) is 5.09. The van der Waals surface area contributed by atoms with Gasteiger partial charge in [-0.2, -0.15) is 0 Å².